The van der Waals surface area contributed by atoms with Crippen LogP contribution in [0.25, 0.3) is 0 Å². The summed E-state index contributed by atoms with van der Waals surface area (Å²) >= 11 is 0. The normalized spacial score (nSPS) is 12.0. The predicted octanol–water partition coefficient (Wildman–Crippen LogP) is 3.87. The highest BCUT2D eigenvalue weighted by atomic mass is 16.5. The molecule has 3 heteroatoms. The summed E-state index contributed by atoms with van der Waals surface area (Å²) in [5, 5.41) is 10.7. The van der Waals surface area contributed by atoms with E-state index in [4.69, 9.17) is 9.47 Å². The smallest absolute Gasteiger partial charge is 0.125 e. The topological polar surface area (TPSA) is 38.7 Å². The summed E-state index contributed by atoms with van der Waals surface area (Å²) in [7, 11) is 1.62. The van der Waals surface area contributed by atoms with E-state index in [1.165, 1.54) is 0 Å². The Kier molecular flexibility index (Phi) is 5.23. The van der Waals surface area contributed by atoms with Crippen LogP contribution in [-0.2, 0) is 0 Å². The van der Waals surface area contributed by atoms with Gasteiger partial charge in [-0.3, -0.25) is 0 Å². The lowest BCUT2D eigenvalue weighted by molar-refractivity contribution is 0.206. The summed E-state index contributed by atoms with van der Waals surface area (Å²) in [4.78, 5) is 0. The van der Waals surface area contributed by atoms with E-state index in [0.717, 1.165) is 28.9 Å². The minimum atomic E-state index is -0.770. The Bertz CT molecular complexity index is 593. The van der Waals surface area contributed by atoms with Crippen molar-refractivity contribution in [1.29, 1.82) is 0 Å². The monoisotopic (exact) mass is 286 g/mol. The first-order valence-corrected chi connectivity index (χ1v) is 7.21. The van der Waals surface area contributed by atoms with Gasteiger partial charge in [-0.1, -0.05) is 37.3 Å². The van der Waals surface area contributed by atoms with E-state index in [1.807, 2.05) is 49.4 Å². The van der Waals surface area contributed by atoms with E-state index in [-0.39, 0.29) is 0 Å². The number of para-hydroxylation sites is 1. The van der Waals surface area contributed by atoms with Gasteiger partial charge in [0.15, 0.2) is 0 Å². The molecule has 1 unspecified atom stereocenters. The van der Waals surface area contributed by atoms with E-state index in [0.29, 0.717) is 12.4 Å². The van der Waals surface area contributed by atoms with Crippen molar-refractivity contribution < 1.29 is 14.6 Å². The maximum Gasteiger partial charge on any atom is 0.125 e. The standard InChI is InChI=1S/C18H22O3/c1-4-11-21-16-8-6-5-7-14(16)18(19)15-10-9-13(2)12-17(15)20-3/h5-10,12,18-19H,4,11H2,1-3H3. The van der Waals surface area contributed by atoms with Gasteiger partial charge in [0.25, 0.3) is 0 Å². The first-order chi connectivity index (χ1) is 10.2. The minimum Gasteiger partial charge on any atom is -0.496 e. The van der Waals surface area contributed by atoms with Crippen molar-refractivity contribution in [3.05, 3.63) is 59.2 Å². The molecule has 0 saturated heterocycles. The Morgan fingerprint density at radius 3 is 2.48 bits per heavy atom. The van der Waals surface area contributed by atoms with Crippen LogP contribution in [0.15, 0.2) is 42.5 Å². The number of hydrogen-bond donors (Lipinski definition) is 1. The molecule has 0 saturated carbocycles. The second kappa shape index (κ2) is 7.14. The largest absolute Gasteiger partial charge is 0.496 e. The lowest BCUT2D eigenvalue weighted by atomic mass is 9.98. The number of aliphatic hydroxyl groups excluding tert-OH is 1. The maximum absolute atomic E-state index is 10.7. The SMILES string of the molecule is CCCOc1ccccc1C(O)c1ccc(C)cc1OC. The van der Waals surface area contributed by atoms with Gasteiger partial charge in [-0.05, 0) is 31.0 Å². The Balaban J connectivity index is 2.38. The van der Waals surface area contributed by atoms with Gasteiger partial charge in [-0.25, -0.2) is 0 Å². The minimum absolute atomic E-state index is 0.634. The van der Waals surface area contributed by atoms with Crippen molar-refractivity contribution in [3.8, 4) is 11.5 Å². The van der Waals surface area contributed by atoms with Gasteiger partial charge in [-0.2, -0.15) is 0 Å². The van der Waals surface area contributed by atoms with Crippen LogP contribution < -0.4 is 9.47 Å². The number of aryl methyl sites for hydroxylation is 1. The molecule has 0 aliphatic carbocycles. The zero-order valence-electron chi connectivity index (χ0n) is 12.8. The lowest BCUT2D eigenvalue weighted by Gasteiger charge is -2.18. The molecule has 2 rings (SSSR count). The molecule has 0 aliphatic heterocycles. The first kappa shape index (κ1) is 15.4. The van der Waals surface area contributed by atoms with Crippen molar-refractivity contribution in [2.75, 3.05) is 13.7 Å². The molecule has 2 aromatic rings. The first-order valence-electron chi connectivity index (χ1n) is 7.21. The molecule has 0 spiro atoms. The summed E-state index contributed by atoms with van der Waals surface area (Å²) in [6.45, 7) is 4.69. The number of hydrogen-bond acceptors (Lipinski definition) is 3. The van der Waals surface area contributed by atoms with Gasteiger partial charge in [0, 0.05) is 11.1 Å². The van der Waals surface area contributed by atoms with Crippen molar-refractivity contribution in [3.63, 3.8) is 0 Å². The molecule has 0 aliphatic rings. The molecule has 0 bridgehead atoms. The number of benzene rings is 2. The lowest BCUT2D eigenvalue weighted by Crippen LogP contribution is -2.06. The van der Waals surface area contributed by atoms with Crippen LogP contribution in [0.2, 0.25) is 0 Å². The van der Waals surface area contributed by atoms with E-state index in [1.54, 1.807) is 7.11 Å². The molecule has 1 atom stereocenters. The van der Waals surface area contributed by atoms with Gasteiger partial charge < -0.3 is 14.6 Å². The van der Waals surface area contributed by atoms with Gasteiger partial charge in [0.2, 0.25) is 0 Å². The van der Waals surface area contributed by atoms with Crippen molar-refractivity contribution >= 4 is 0 Å². The molecule has 0 heterocycles. The molecular weight excluding hydrogens is 264 g/mol. The highest BCUT2D eigenvalue weighted by molar-refractivity contribution is 5.46. The van der Waals surface area contributed by atoms with Crippen LogP contribution in [0.5, 0.6) is 11.5 Å². The average molecular weight is 286 g/mol. The summed E-state index contributed by atoms with van der Waals surface area (Å²) in [6, 6.07) is 13.4. The number of methoxy groups -OCH3 is 1. The molecule has 3 nitrogen and oxygen atoms in total. The van der Waals surface area contributed by atoms with E-state index < -0.39 is 6.10 Å². The van der Waals surface area contributed by atoms with Crippen LogP contribution in [0, 0.1) is 6.92 Å². The number of rotatable bonds is 6. The third kappa shape index (κ3) is 3.56. The fourth-order valence-electron chi connectivity index (χ4n) is 2.26. The van der Waals surface area contributed by atoms with E-state index in [2.05, 4.69) is 6.92 Å². The number of ether oxygens (including phenoxy) is 2. The molecule has 0 fully saturated rings. The molecule has 0 amide bonds. The Labute approximate surface area is 126 Å². The summed E-state index contributed by atoms with van der Waals surface area (Å²) in [5.41, 5.74) is 2.60. The Hall–Kier alpha value is -2.00. The third-order valence-electron chi connectivity index (χ3n) is 3.36. The van der Waals surface area contributed by atoms with Gasteiger partial charge >= 0.3 is 0 Å². The van der Waals surface area contributed by atoms with Crippen molar-refractivity contribution in [2.24, 2.45) is 0 Å². The highest BCUT2D eigenvalue weighted by Crippen LogP contribution is 2.35. The number of aliphatic hydroxyl groups is 1. The van der Waals surface area contributed by atoms with E-state index in [9.17, 15) is 5.11 Å². The third-order valence-corrected chi connectivity index (χ3v) is 3.36. The highest BCUT2D eigenvalue weighted by Gasteiger charge is 2.19. The zero-order valence-corrected chi connectivity index (χ0v) is 12.8. The maximum atomic E-state index is 10.7. The second-order valence-electron chi connectivity index (χ2n) is 5.03. The van der Waals surface area contributed by atoms with Crippen LogP contribution in [0.3, 0.4) is 0 Å². The van der Waals surface area contributed by atoms with Gasteiger partial charge in [0.05, 0.1) is 13.7 Å². The van der Waals surface area contributed by atoms with Gasteiger partial charge in [-0.15, -0.1) is 0 Å². The van der Waals surface area contributed by atoms with Crippen LogP contribution >= 0.6 is 0 Å². The summed E-state index contributed by atoms with van der Waals surface area (Å²) in [6.07, 6.45) is 0.159. The average Bonchev–Trinajstić information content (AvgIpc) is 2.52. The molecule has 21 heavy (non-hydrogen) atoms. The fourth-order valence-corrected chi connectivity index (χ4v) is 2.26. The molecule has 0 radical (unpaired) electrons. The Morgan fingerprint density at radius 1 is 1.05 bits per heavy atom. The Morgan fingerprint density at radius 2 is 1.76 bits per heavy atom. The molecule has 0 aromatic heterocycles. The zero-order chi connectivity index (χ0) is 15.2. The fraction of sp³-hybridized carbons (Fsp3) is 0.333. The van der Waals surface area contributed by atoms with Crippen molar-refractivity contribution in [2.45, 2.75) is 26.4 Å². The quantitative estimate of drug-likeness (QED) is 0.876. The van der Waals surface area contributed by atoms with E-state index >= 15 is 0 Å². The second-order valence-corrected chi connectivity index (χ2v) is 5.03. The summed E-state index contributed by atoms with van der Waals surface area (Å²) in [5.74, 6) is 1.40. The molecule has 1 N–H and O–H groups in total. The van der Waals surface area contributed by atoms with Crippen molar-refractivity contribution in [1.82, 2.24) is 0 Å². The predicted molar refractivity (Wildman–Crippen MR) is 84.0 cm³/mol. The molecule has 112 valence electrons. The van der Waals surface area contributed by atoms with Crippen LogP contribution in [0.4, 0.5) is 0 Å². The summed E-state index contributed by atoms with van der Waals surface area (Å²) < 4.78 is 11.1. The van der Waals surface area contributed by atoms with Crippen LogP contribution in [0.1, 0.15) is 36.1 Å². The molecule has 2 aromatic carbocycles. The molecular formula is C18H22O3. The van der Waals surface area contributed by atoms with Gasteiger partial charge in [0.1, 0.15) is 17.6 Å². The van der Waals surface area contributed by atoms with Crippen LogP contribution in [-0.4, -0.2) is 18.8 Å².